The van der Waals surface area contributed by atoms with E-state index in [1.807, 2.05) is 34.1 Å². The molecule has 0 atom stereocenters. The second-order valence-electron chi connectivity index (χ2n) is 4.78. The molecule has 120 valence electrons. The van der Waals surface area contributed by atoms with Crippen LogP contribution in [0.3, 0.4) is 0 Å². The van der Waals surface area contributed by atoms with Crippen LogP contribution >= 0.6 is 0 Å². The first-order chi connectivity index (χ1) is 10.2. The summed E-state index contributed by atoms with van der Waals surface area (Å²) in [5, 5.41) is 6.26. The predicted octanol–water partition coefficient (Wildman–Crippen LogP) is 1.04. The number of nitrogens with one attached hydrogen (secondary N) is 2. The first kappa shape index (κ1) is 17.6. The van der Waals surface area contributed by atoms with Crippen LogP contribution in [0, 0.1) is 0 Å². The van der Waals surface area contributed by atoms with Gasteiger partial charge in [-0.1, -0.05) is 0 Å². The molecule has 1 aromatic rings. The molecule has 7 nitrogen and oxygen atoms in total. The number of hydrogen-bond donors (Lipinski definition) is 2. The molecule has 0 saturated heterocycles. The lowest BCUT2D eigenvalue weighted by molar-refractivity contribution is 0.126. The molecule has 0 aliphatic carbocycles. The zero-order valence-electron chi connectivity index (χ0n) is 13.5. The van der Waals surface area contributed by atoms with Crippen molar-refractivity contribution in [3.63, 3.8) is 0 Å². The Morgan fingerprint density at radius 3 is 2.57 bits per heavy atom. The van der Waals surface area contributed by atoms with Crippen LogP contribution in [0.5, 0.6) is 0 Å². The molecule has 0 unspecified atom stereocenters. The summed E-state index contributed by atoms with van der Waals surface area (Å²) >= 11 is 0. The van der Waals surface area contributed by atoms with E-state index in [9.17, 15) is 0 Å². The number of ether oxygens (including phenoxy) is 2. The second kappa shape index (κ2) is 10.3. The van der Waals surface area contributed by atoms with Crippen molar-refractivity contribution in [2.45, 2.75) is 13.5 Å². The summed E-state index contributed by atoms with van der Waals surface area (Å²) in [5.74, 6) is 2.22. The minimum atomic E-state index is 0.417. The summed E-state index contributed by atoms with van der Waals surface area (Å²) in [6.07, 6.45) is 0. The fourth-order valence-electron chi connectivity index (χ4n) is 1.57. The maximum Gasteiger partial charge on any atom is 0.158 e. The minimum Gasteiger partial charge on any atom is -0.378 e. The van der Waals surface area contributed by atoms with Gasteiger partial charge in [0.05, 0.1) is 13.2 Å². The van der Waals surface area contributed by atoms with Gasteiger partial charge in [-0.2, -0.15) is 0 Å². The molecule has 0 aliphatic heterocycles. The van der Waals surface area contributed by atoms with Crippen LogP contribution in [-0.4, -0.2) is 68.9 Å². The average Bonchev–Trinajstić information content (AvgIpc) is 2.48. The lowest BCUT2D eigenvalue weighted by Crippen LogP contribution is -2.20. The summed E-state index contributed by atoms with van der Waals surface area (Å²) in [6, 6.07) is 1.87. The fourth-order valence-corrected chi connectivity index (χ4v) is 1.57. The third-order valence-electron chi connectivity index (χ3n) is 2.70. The molecule has 1 aromatic heterocycles. The maximum absolute atomic E-state index is 5.53. The summed E-state index contributed by atoms with van der Waals surface area (Å²) in [7, 11) is 5.89. The smallest absolute Gasteiger partial charge is 0.158 e. The average molecular weight is 297 g/mol. The number of likely N-dealkylation sites (N-methyl/N-ethyl adjacent to an activating group) is 1. The van der Waals surface area contributed by atoms with Gasteiger partial charge >= 0.3 is 0 Å². The first-order valence-corrected chi connectivity index (χ1v) is 7.25. The molecule has 0 bridgehead atoms. The van der Waals surface area contributed by atoms with Gasteiger partial charge in [0, 0.05) is 32.8 Å². The van der Waals surface area contributed by atoms with Crippen LogP contribution in [0.1, 0.15) is 12.7 Å². The minimum absolute atomic E-state index is 0.417. The van der Waals surface area contributed by atoms with Crippen molar-refractivity contribution in [1.29, 1.82) is 0 Å². The van der Waals surface area contributed by atoms with E-state index >= 15 is 0 Å². The molecule has 2 N–H and O–H groups in total. The predicted molar refractivity (Wildman–Crippen MR) is 84.8 cm³/mol. The summed E-state index contributed by atoms with van der Waals surface area (Å²) in [5.41, 5.74) is 0. The van der Waals surface area contributed by atoms with Crippen LogP contribution in [0.25, 0.3) is 0 Å². The Balaban J connectivity index is 2.39. The Bertz CT molecular complexity index is 401. The highest BCUT2D eigenvalue weighted by Crippen LogP contribution is 2.11. The van der Waals surface area contributed by atoms with Crippen LogP contribution in [0.15, 0.2) is 6.07 Å². The quantitative estimate of drug-likeness (QED) is 0.591. The fraction of sp³-hybridized carbons (Fsp3) is 0.714. The van der Waals surface area contributed by atoms with Crippen molar-refractivity contribution in [3.8, 4) is 0 Å². The topological polar surface area (TPSA) is 71.5 Å². The van der Waals surface area contributed by atoms with Gasteiger partial charge in [0.1, 0.15) is 18.2 Å². The third kappa shape index (κ3) is 7.79. The highest BCUT2D eigenvalue weighted by Gasteiger charge is 2.03. The third-order valence-corrected chi connectivity index (χ3v) is 2.70. The normalized spacial score (nSPS) is 10.9. The number of aromatic nitrogens is 2. The number of hydrogen-bond acceptors (Lipinski definition) is 7. The first-order valence-electron chi connectivity index (χ1n) is 7.25. The molecule has 0 amide bonds. The van der Waals surface area contributed by atoms with Crippen molar-refractivity contribution in [2.75, 3.05) is 64.7 Å². The van der Waals surface area contributed by atoms with Crippen molar-refractivity contribution in [2.24, 2.45) is 0 Å². The standard InChI is InChI=1S/C14H27N5O2/c1-5-20-11-14-17-12(15-2)10-13(18-14)16-6-8-21-9-7-19(3)4/h10H,5-9,11H2,1-4H3,(H2,15,16,17,18). The zero-order valence-corrected chi connectivity index (χ0v) is 13.5. The summed E-state index contributed by atoms with van der Waals surface area (Å²) in [4.78, 5) is 10.9. The van der Waals surface area contributed by atoms with Crippen molar-refractivity contribution in [1.82, 2.24) is 14.9 Å². The van der Waals surface area contributed by atoms with Crippen LogP contribution in [0.2, 0.25) is 0 Å². The van der Waals surface area contributed by atoms with Gasteiger partial charge in [0.25, 0.3) is 0 Å². The highest BCUT2D eigenvalue weighted by atomic mass is 16.5. The van der Waals surface area contributed by atoms with Gasteiger partial charge in [0.2, 0.25) is 0 Å². The van der Waals surface area contributed by atoms with Gasteiger partial charge in [-0.15, -0.1) is 0 Å². The Kier molecular flexibility index (Phi) is 8.65. The van der Waals surface area contributed by atoms with Crippen LogP contribution in [0.4, 0.5) is 11.6 Å². The van der Waals surface area contributed by atoms with Crippen molar-refractivity contribution < 1.29 is 9.47 Å². The van der Waals surface area contributed by atoms with E-state index in [-0.39, 0.29) is 0 Å². The van der Waals surface area contributed by atoms with E-state index < -0.39 is 0 Å². The molecule has 0 spiro atoms. The maximum atomic E-state index is 5.53. The monoisotopic (exact) mass is 297 g/mol. The van der Waals surface area contributed by atoms with E-state index in [1.165, 1.54) is 0 Å². The zero-order chi connectivity index (χ0) is 15.5. The summed E-state index contributed by atoms with van der Waals surface area (Å²) < 4.78 is 10.9. The molecule has 0 aliphatic rings. The molecule has 21 heavy (non-hydrogen) atoms. The molecule has 0 radical (unpaired) electrons. The second-order valence-corrected chi connectivity index (χ2v) is 4.78. The Labute approximate surface area is 127 Å². The Hall–Kier alpha value is -1.44. The number of nitrogens with zero attached hydrogens (tertiary/aromatic N) is 3. The summed E-state index contributed by atoms with van der Waals surface area (Å²) in [6.45, 7) is 6.03. The van der Waals surface area contributed by atoms with Crippen LogP contribution in [-0.2, 0) is 16.1 Å². The van der Waals surface area contributed by atoms with Crippen molar-refractivity contribution in [3.05, 3.63) is 11.9 Å². The van der Waals surface area contributed by atoms with Gasteiger partial charge < -0.3 is 25.0 Å². The highest BCUT2D eigenvalue weighted by molar-refractivity contribution is 5.47. The van der Waals surface area contributed by atoms with E-state index in [0.717, 1.165) is 24.8 Å². The van der Waals surface area contributed by atoms with E-state index in [2.05, 4.69) is 25.5 Å². The van der Waals surface area contributed by atoms with Gasteiger partial charge in [0.15, 0.2) is 5.82 Å². The number of rotatable bonds is 11. The van der Waals surface area contributed by atoms with Gasteiger partial charge in [-0.3, -0.25) is 0 Å². The van der Waals surface area contributed by atoms with E-state index in [0.29, 0.717) is 32.2 Å². The lowest BCUT2D eigenvalue weighted by Gasteiger charge is -2.11. The molecule has 0 fully saturated rings. The molecule has 1 rings (SSSR count). The SMILES string of the molecule is CCOCc1nc(NC)cc(NCCOCCN(C)C)n1. The molecular formula is C14H27N5O2. The largest absolute Gasteiger partial charge is 0.378 e. The molecule has 1 heterocycles. The van der Waals surface area contributed by atoms with E-state index in [1.54, 1.807) is 0 Å². The van der Waals surface area contributed by atoms with Crippen LogP contribution < -0.4 is 10.6 Å². The van der Waals surface area contributed by atoms with Gasteiger partial charge in [-0.25, -0.2) is 9.97 Å². The number of anilines is 2. The Morgan fingerprint density at radius 1 is 1.14 bits per heavy atom. The molecule has 7 heteroatoms. The molecule has 0 saturated carbocycles. The Morgan fingerprint density at radius 2 is 1.90 bits per heavy atom. The lowest BCUT2D eigenvalue weighted by atomic mass is 10.4. The molecule has 0 aromatic carbocycles. The molecular weight excluding hydrogens is 270 g/mol. The van der Waals surface area contributed by atoms with Crippen molar-refractivity contribution >= 4 is 11.6 Å². The van der Waals surface area contributed by atoms with E-state index in [4.69, 9.17) is 9.47 Å². The van der Waals surface area contributed by atoms with Gasteiger partial charge in [-0.05, 0) is 21.0 Å².